The summed E-state index contributed by atoms with van der Waals surface area (Å²) in [6.07, 6.45) is 5.42. The Hall–Kier alpha value is -1.56. The largest absolute Gasteiger partial charge is 0.396 e. The molecular weight excluding hydrogens is 256 g/mol. The van der Waals surface area contributed by atoms with Gasteiger partial charge >= 0.3 is 0 Å². The number of aromatic nitrogens is 2. The molecule has 0 bridgehead atoms. The van der Waals surface area contributed by atoms with Gasteiger partial charge in [0.1, 0.15) is 0 Å². The molecule has 1 amide bonds. The number of hydrogen-bond donors (Lipinski definition) is 2. The number of hydrogen-bond acceptors (Lipinski definition) is 4. The van der Waals surface area contributed by atoms with Gasteiger partial charge in [-0.05, 0) is 19.3 Å². The molecule has 1 saturated heterocycles. The monoisotopic (exact) mass is 278 g/mol. The van der Waals surface area contributed by atoms with E-state index >= 15 is 0 Å². The molecule has 1 aliphatic carbocycles. The first-order chi connectivity index (χ1) is 9.63. The molecule has 3 N–H and O–H groups in total. The van der Waals surface area contributed by atoms with Crippen LogP contribution in [0, 0.1) is 5.41 Å². The second-order valence-corrected chi connectivity index (χ2v) is 6.17. The number of nitrogen functional groups attached to an aromatic ring is 1. The minimum Gasteiger partial charge on any atom is -0.396 e. The number of carbonyl (C=O) groups is 1. The Bertz CT molecular complexity index is 495. The highest BCUT2D eigenvalue weighted by Gasteiger charge is 2.45. The van der Waals surface area contributed by atoms with Gasteiger partial charge in [0.2, 0.25) is 5.91 Å². The summed E-state index contributed by atoms with van der Waals surface area (Å²) in [6.45, 7) is 2.25. The number of nitrogens with zero attached hydrogens (tertiary/aromatic N) is 2. The van der Waals surface area contributed by atoms with Gasteiger partial charge in [0.05, 0.1) is 24.2 Å². The van der Waals surface area contributed by atoms with Crippen molar-refractivity contribution in [2.75, 3.05) is 32.5 Å². The van der Waals surface area contributed by atoms with Crippen LogP contribution in [0.3, 0.4) is 0 Å². The third-order valence-electron chi connectivity index (χ3n) is 4.58. The number of nitrogens with one attached hydrogen (secondary N) is 1. The van der Waals surface area contributed by atoms with Crippen molar-refractivity contribution in [2.45, 2.75) is 31.6 Å². The van der Waals surface area contributed by atoms with Crippen molar-refractivity contribution in [3.8, 4) is 0 Å². The third kappa shape index (κ3) is 2.52. The molecule has 1 atom stereocenters. The lowest BCUT2D eigenvalue weighted by Crippen LogP contribution is -2.31. The summed E-state index contributed by atoms with van der Waals surface area (Å²) in [4.78, 5) is 14.3. The van der Waals surface area contributed by atoms with Crippen LogP contribution >= 0.6 is 0 Å². The van der Waals surface area contributed by atoms with Gasteiger partial charge in [0, 0.05) is 38.0 Å². The zero-order valence-electron chi connectivity index (χ0n) is 11.9. The zero-order chi connectivity index (χ0) is 14.2. The minimum absolute atomic E-state index is 0.122. The number of likely N-dealkylation sites (tertiary alicyclic amines) is 1. The van der Waals surface area contributed by atoms with E-state index in [9.17, 15) is 4.79 Å². The third-order valence-corrected chi connectivity index (χ3v) is 4.58. The van der Waals surface area contributed by atoms with Crippen LogP contribution in [-0.2, 0) is 9.53 Å². The zero-order valence-corrected chi connectivity index (χ0v) is 11.9. The van der Waals surface area contributed by atoms with E-state index in [1.54, 1.807) is 13.3 Å². The molecule has 3 rings (SSSR count). The highest BCUT2D eigenvalue weighted by Crippen LogP contribution is 2.49. The molecule has 1 unspecified atom stereocenters. The Labute approximate surface area is 118 Å². The van der Waals surface area contributed by atoms with E-state index in [4.69, 9.17) is 10.5 Å². The van der Waals surface area contributed by atoms with Crippen molar-refractivity contribution in [1.29, 1.82) is 0 Å². The van der Waals surface area contributed by atoms with E-state index in [1.807, 2.05) is 4.90 Å². The van der Waals surface area contributed by atoms with Crippen LogP contribution in [0.1, 0.15) is 37.3 Å². The molecule has 2 heterocycles. The van der Waals surface area contributed by atoms with Crippen molar-refractivity contribution >= 4 is 11.6 Å². The van der Waals surface area contributed by atoms with Crippen LogP contribution in [0.25, 0.3) is 0 Å². The smallest absolute Gasteiger partial charge is 0.223 e. The average molecular weight is 278 g/mol. The van der Waals surface area contributed by atoms with Gasteiger partial charge in [-0.15, -0.1) is 0 Å². The molecule has 1 aromatic rings. The number of rotatable bonds is 5. The van der Waals surface area contributed by atoms with E-state index in [2.05, 4.69) is 10.2 Å². The first-order valence-electron chi connectivity index (χ1n) is 7.19. The molecule has 0 spiro atoms. The molecule has 0 radical (unpaired) electrons. The molecule has 6 nitrogen and oxygen atoms in total. The second kappa shape index (κ2) is 5.09. The number of carbonyl (C=O) groups excluding carboxylic acids is 1. The number of H-pyrrole nitrogens is 1. The van der Waals surface area contributed by atoms with Gasteiger partial charge in [0.15, 0.2) is 0 Å². The normalized spacial score (nSPS) is 24.1. The summed E-state index contributed by atoms with van der Waals surface area (Å²) in [7, 11) is 1.71. The standard InChI is InChI=1S/C14H22N4O2/c1-20-9-14(3-4-14)6-12(19)18-5-2-10(8-18)13-11(15)7-16-17-13/h7,10H,2-6,8-9,15H2,1H3,(H,16,17). The summed E-state index contributed by atoms with van der Waals surface area (Å²) in [5.41, 5.74) is 7.67. The predicted molar refractivity (Wildman–Crippen MR) is 75.1 cm³/mol. The number of aromatic amines is 1. The van der Waals surface area contributed by atoms with Crippen LogP contribution in [0.2, 0.25) is 0 Å². The highest BCUT2D eigenvalue weighted by molar-refractivity contribution is 5.78. The maximum absolute atomic E-state index is 12.4. The number of methoxy groups -OCH3 is 1. The molecule has 2 fully saturated rings. The number of amides is 1. The van der Waals surface area contributed by atoms with Gasteiger partial charge in [-0.3, -0.25) is 9.89 Å². The van der Waals surface area contributed by atoms with E-state index in [0.717, 1.165) is 38.0 Å². The first-order valence-corrected chi connectivity index (χ1v) is 7.19. The van der Waals surface area contributed by atoms with E-state index in [0.29, 0.717) is 24.6 Å². The van der Waals surface area contributed by atoms with Crippen molar-refractivity contribution < 1.29 is 9.53 Å². The minimum atomic E-state index is 0.122. The molecule has 1 saturated carbocycles. The Balaban J connectivity index is 1.57. The quantitative estimate of drug-likeness (QED) is 0.845. The van der Waals surface area contributed by atoms with Gasteiger partial charge in [-0.1, -0.05) is 0 Å². The van der Waals surface area contributed by atoms with Gasteiger partial charge in [-0.25, -0.2) is 0 Å². The molecule has 6 heteroatoms. The fourth-order valence-corrected chi connectivity index (χ4v) is 3.14. The van der Waals surface area contributed by atoms with Gasteiger partial charge in [0.25, 0.3) is 0 Å². The van der Waals surface area contributed by atoms with Gasteiger partial charge in [-0.2, -0.15) is 5.10 Å². The van der Waals surface area contributed by atoms with Crippen LogP contribution in [0.15, 0.2) is 6.20 Å². The Kier molecular flexibility index (Phi) is 3.41. The summed E-state index contributed by atoms with van der Waals surface area (Å²) in [5, 5.41) is 6.91. The molecular formula is C14H22N4O2. The topological polar surface area (TPSA) is 84.2 Å². The average Bonchev–Trinajstić information content (AvgIpc) is 2.86. The van der Waals surface area contributed by atoms with Crippen molar-refractivity contribution in [3.05, 3.63) is 11.9 Å². The second-order valence-electron chi connectivity index (χ2n) is 6.17. The molecule has 20 heavy (non-hydrogen) atoms. The lowest BCUT2D eigenvalue weighted by atomic mass is 10.0. The fraction of sp³-hybridized carbons (Fsp3) is 0.714. The summed E-state index contributed by atoms with van der Waals surface area (Å²) < 4.78 is 5.23. The Morgan fingerprint density at radius 2 is 2.45 bits per heavy atom. The van der Waals surface area contributed by atoms with E-state index in [1.165, 1.54) is 0 Å². The molecule has 2 aliphatic rings. The first kappa shape index (κ1) is 13.4. The lowest BCUT2D eigenvalue weighted by Gasteiger charge is -2.20. The van der Waals surface area contributed by atoms with Crippen LogP contribution < -0.4 is 5.73 Å². The van der Waals surface area contributed by atoms with E-state index in [-0.39, 0.29) is 11.3 Å². The number of nitrogens with two attached hydrogens (primary N) is 1. The summed E-state index contributed by atoms with van der Waals surface area (Å²) in [6, 6.07) is 0. The van der Waals surface area contributed by atoms with Crippen molar-refractivity contribution in [2.24, 2.45) is 5.41 Å². The Morgan fingerprint density at radius 1 is 1.65 bits per heavy atom. The summed E-state index contributed by atoms with van der Waals surface area (Å²) in [5.74, 6) is 0.541. The number of anilines is 1. The SMILES string of the molecule is COCC1(CC(=O)N2CCC(c3[nH]ncc3N)C2)CC1. The number of ether oxygens (including phenoxy) is 1. The van der Waals surface area contributed by atoms with Crippen molar-refractivity contribution in [1.82, 2.24) is 15.1 Å². The maximum atomic E-state index is 12.4. The molecule has 0 aromatic carbocycles. The highest BCUT2D eigenvalue weighted by atomic mass is 16.5. The maximum Gasteiger partial charge on any atom is 0.223 e. The van der Waals surface area contributed by atoms with Crippen molar-refractivity contribution in [3.63, 3.8) is 0 Å². The van der Waals surface area contributed by atoms with Crippen LogP contribution in [0.5, 0.6) is 0 Å². The van der Waals surface area contributed by atoms with Gasteiger partial charge < -0.3 is 15.4 Å². The fourth-order valence-electron chi connectivity index (χ4n) is 3.14. The summed E-state index contributed by atoms with van der Waals surface area (Å²) >= 11 is 0. The van der Waals surface area contributed by atoms with Crippen LogP contribution in [-0.4, -0.2) is 47.8 Å². The van der Waals surface area contributed by atoms with E-state index < -0.39 is 0 Å². The molecule has 1 aromatic heterocycles. The van der Waals surface area contributed by atoms with Crippen LogP contribution in [0.4, 0.5) is 5.69 Å². The predicted octanol–water partition coefficient (Wildman–Crippen LogP) is 1.12. The molecule has 1 aliphatic heterocycles. The Morgan fingerprint density at radius 3 is 3.05 bits per heavy atom. The lowest BCUT2D eigenvalue weighted by molar-refractivity contribution is -0.132. The molecule has 110 valence electrons.